The molecule has 0 nitrogen and oxygen atoms in total. The van der Waals surface area contributed by atoms with Gasteiger partial charge < -0.3 is 0 Å². The minimum Gasteiger partial charge on any atom is -0.171 e. The normalized spacial score (nSPS) is 13.4. The van der Waals surface area contributed by atoms with Gasteiger partial charge in [-0.1, -0.05) is 12.1 Å². The molecule has 0 saturated heterocycles. The van der Waals surface area contributed by atoms with Gasteiger partial charge in [-0.2, -0.15) is 26.3 Å². The average Bonchev–Trinajstić information content (AvgIpc) is 1.81. The van der Waals surface area contributed by atoms with Crippen molar-refractivity contribution in [2.45, 2.75) is 37.3 Å². The molecular weight excluding hydrogens is 214 g/mol. The largest absolute Gasteiger partial charge is 0.388 e. The van der Waals surface area contributed by atoms with Crippen molar-refractivity contribution in [1.82, 2.24) is 0 Å². The van der Waals surface area contributed by atoms with Gasteiger partial charge in [-0.3, -0.25) is 0 Å². The topological polar surface area (TPSA) is 0 Å². The second kappa shape index (κ2) is 4.87. The third-order valence-corrected chi connectivity index (χ3v) is 3.13. The highest BCUT2D eigenvalue weighted by atomic mass is 28.2. The quantitative estimate of drug-likeness (QED) is 0.391. The Hall–Kier alpha value is -0.203. The Morgan fingerprint density at radius 1 is 0.692 bits per heavy atom. The van der Waals surface area contributed by atoms with E-state index in [-0.39, 0.29) is 12.1 Å². The summed E-state index contributed by atoms with van der Waals surface area (Å²) in [4.78, 5) is 0. The maximum Gasteiger partial charge on any atom is 0.388 e. The first-order valence-electron chi connectivity index (χ1n) is 3.84. The zero-order valence-corrected chi connectivity index (χ0v) is 8.22. The lowest BCUT2D eigenvalue weighted by molar-refractivity contribution is -0.131. The van der Waals surface area contributed by atoms with Gasteiger partial charge in [0.15, 0.2) is 0 Å². The van der Waals surface area contributed by atoms with Crippen LogP contribution < -0.4 is 0 Å². The lowest BCUT2D eigenvalue weighted by Gasteiger charge is -2.06. The molecule has 0 aromatic rings. The number of alkyl halides is 6. The summed E-state index contributed by atoms with van der Waals surface area (Å²) in [5, 5.41) is 0. The number of hydrogen-bond donors (Lipinski definition) is 0. The Labute approximate surface area is 74.1 Å². The van der Waals surface area contributed by atoms with E-state index in [2.05, 4.69) is 0 Å². The molecule has 80 valence electrons. The van der Waals surface area contributed by atoms with Crippen LogP contribution in [-0.2, 0) is 0 Å². The third kappa shape index (κ3) is 11.8. The number of hydrogen-bond acceptors (Lipinski definition) is 0. The standard InChI is InChI=1S/C6H10F6Si/c7-5(8,9)1-3-13-4-2-6(10,11)12/h1-4,13H2. The van der Waals surface area contributed by atoms with Gasteiger partial charge in [0.05, 0.1) is 0 Å². The average molecular weight is 224 g/mol. The molecule has 0 spiro atoms. The third-order valence-electron chi connectivity index (χ3n) is 1.42. The van der Waals surface area contributed by atoms with Crippen LogP contribution in [0.3, 0.4) is 0 Å². The van der Waals surface area contributed by atoms with Crippen molar-refractivity contribution < 1.29 is 26.3 Å². The summed E-state index contributed by atoms with van der Waals surface area (Å²) in [6.07, 6.45) is -10.3. The molecule has 0 saturated carbocycles. The Kier molecular flexibility index (Phi) is 4.80. The van der Waals surface area contributed by atoms with E-state index in [4.69, 9.17) is 0 Å². The van der Waals surface area contributed by atoms with Crippen LogP contribution in [0.2, 0.25) is 12.1 Å². The highest BCUT2D eigenvalue weighted by Crippen LogP contribution is 2.24. The molecule has 0 fully saturated rings. The van der Waals surface area contributed by atoms with Gasteiger partial charge in [0.1, 0.15) is 0 Å². The first kappa shape index (κ1) is 12.8. The van der Waals surface area contributed by atoms with Gasteiger partial charge in [-0.25, -0.2) is 0 Å². The minimum absolute atomic E-state index is 0.0837. The van der Waals surface area contributed by atoms with Crippen molar-refractivity contribution in [2.75, 3.05) is 0 Å². The molecule has 0 atom stereocenters. The Morgan fingerprint density at radius 3 is 1.23 bits per heavy atom. The first-order valence-corrected chi connectivity index (χ1v) is 5.84. The van der Waals surface area contributed by atoms with E-state index in [0.717, 1.165) is 0 Å². The fourth-order valence-corrected chi connectivity index (χ4v) is 2.48. The predicted octanol–water partition coefficient (Wildman–Crippen LogP) is 2.90. The summed E-state index contributed by atoms with van der Waals surface area (Å²) in [5.74, 6) is 0. The van der Waals surface area contributed by atoms with E-state index in [1.807, 2.05) is 0 Å². The summed E-state index contributed by atoms with van der Waals surface area (Å²) in [6.45, 7) is 0. The molecule has 0 rings (SSSR count). The van der Waals surface area contributed by atoms with E-state index in [1.54, 1.807) is 0 Å². The molecule has 0 aliphatic rings. The predicted molar refractivity (Wildman–Crippen MR) is 39.5 cm³/mol. The Bertz CT molecular complexity index is 121. The molecule has 0 unspecified atom stereocenters. The summed E-state index contributed by atoms with van der Waals surface area (Å²) in [6, 6.07) is -0.168. The molecule has 0 N–H and O–H groups in total. The summed E-state index contributed by atoms with van der Waals surface area (Å²) >= 11 is 0. The van der Waals surface area contributed by atoms with Crippen molar-refractivity contribution in [2.24, 2.45) is 0 Å². The van der Waals surface area contributed by atoms with Crippen molar-refractivity contribution in [3.63, 3.8) is 0 Å². The Balaban J connectivity index is 3.28. The SMILES string of the molecule is FC(F)(F)CC[SiH2]CCC(F)(F)F. The molecule has 0 aromatic carbocycles. The minimum atomic E-state index is -4.22. The van der Waals surface area contributed by atoms with Crippen molar-refractivity contribution in [3.8, 4) is 0 Å². The van der Waals surface area contributed by atoms with Crippen molar-refractivity contribution >= 4 is 9.52 Å². The summed E-state index contributed by atoms with van der Waals surface area (Å²) in [7, 11) is -1.19. The molecule has 13 heavy (non-hydrogen) atoms. The first-order chi connectivity index (χ1) is 5.71. The van der Waals surface area contributed by atoms with Crippen LogP contribution in [0.1, 0.15) is 12.8 Å². The second-order valence-corrected chi connectivity index (χ2v) is 4.91. The van der Waals surface area contributed by atoms with Crippen LogP contribution in [0.15, 0.2) is 0 Å². The number of halogens is 6. The van der Waals surface area contributed by atoms with E-state index < -0.39 is 34.7 Å². The maximum absolute atomic E-state index is 11.5. The lowest BCUT2D eigenvalue weighted by Crippen LogP contribution is -2.11. The van der Waals surface area contributed by atoms with E-state index in [9.17, 15) is 26.3 Å². The monoisotopic (exact) mass is 224 g/mol. The van der Waals surface area contributed by atoms with Crippen LogP contribution in [0, 0.1) is 0 Å². The summed E-state index contributed by atoms with van der Waals surface area (Å²) < 4.78 is 69.1. The highest BCUT2D eigenvalue weighted by Gasteiger charge is 2.28. The van der Waals surface area contributed by atoms with Crippen molar-refractivity contribution in [3.05, 3.63) is 0 Å². The van der Waals surface area contributed by atoms with E-state index >= 15 is 0 Å². The zero-order valence-electron chi connectivity index (χ0n) is 6.80. The molecule has 0 aliphatic carbocycles. The fourth-order valence-electron chi connectivity index (χ4n) is 0.828. The Morgan fingerprint density at radius 2 is 1.00 bits per heavy atom. The number of rotatable bonds is 4. The molecule has 0 heterocycles. The second-order valence-electron chi connectivity index (χ2n) is 2.79. The maximum atomic E-state index is 11.5. The lowest BCUT2D eigenvalue weighted by atomic mass is 10.5. The van der Waals surface area contributed by atoms with Gasteiger partial charge in [-0.15, -0.1) is 0 Å². The molecule has 0 radical (unpaired) electrons. The molecule has 0 amide bonds. The molecule has 7 heteroatoms. The highest BCUT2D eigenvalue weighted by molar-refractivity contribution is 6.35. The zero-order chi connectivity index (χ0) is 10.5. The van der Waals surface area contributed by atoms with E-state index in [1.165, 1.54) is 0 Å². The smallest absolute Gasteiger partial charge is 0.171 e. The van der Waals surface area contributed by atoms with Gasteiger partial charge >= 0.3 is 12.4 Å². The van der Waals surface area contributed by atoms with Gasteiger partial charge in [0.2, 0.25) is 0 Å². The summed E-state index contributed by atoms with van der Waals surface area (Å²) in [5.41, 5.74) is 0. The van der Waals surface area contributed by atoms with Gasteiger partial charge in [0, 0.05) is 22.4 Å². The molecule has 0 bridgehead atoms. The fraction of sp³-hybridized carbons (Fsp3) is 1.00. The van der Waals surface area contributed by atoms with Crippen LogP contribution in [0.25, 0.3) is 0 Å². The van der Waals surface area contributed by atoms with Crippen LogP contribution in [0.4, 0.5) is 26.3 Å². The molecule has 0 aliphatic heterocycles. The van der Waals surface area contributed by atoms with E-state index in [0.29, 0.717) is 0 Å². The molecule has 0 aromatic heterocycles. The van der Waals surface area contributed by atoms with Crippen molar-refractivity contribution in [1.29, 1.82) is 0 Å². The van der Waals surface area contributed by atoms with Crippen LogP contribution in [0.5, 0.6) is 0 Å². The van der Waals surface area contributed by atoms with Crippen LogP contribution >= 0.6 is 0 Å². The molecular formula is C6H10F6Si. The van der Waals surface area contributed by atoms with Gasteiger partial charge in [0.25, 0.3) is 0 Å². The van der Waals surface area contributed by atoms with Crippen LogP contribution in [-0.4, -0.2) is 21.9 Å². The van der Waals surface area contributed by atoms with Gasteiger partial charge in [-0.05, 0) is 0 Å².